The van der Waals surface area contributed by atoms with E-state index in [1.807, 2.05) is 20.8 Å². The summed E-state index contributed by atoms with van der Waals surface area (Å²) in [5.41, 5.74) is 0.126. The molecule has 1 aliphatic carbocycles. The average Bonchev–Trinajstić information content (AvgIpc) is 3.50. The van der Waals surface area contributed by atoms with Crippen molar-refractivity contribution in [2.45, 2.75) is 63.7 Å². The van der Waals surface area contributed by atoms with Crippen molar-refractivity contribution in [2.75, 3.05) is 5.75 Å². The summed E-state index contributed by atoms with van der Waals surface area (Å²) >= 11 is 4.19. The molecule has 1 saturated carbocycles. The van der Waals surface area contributed by atoms with Crippen molar-refractivity contribution >= 4 is 36.0 Å². The first-order valence-electron chi connectivity index (χ1n) is 10.3. The lowest BCUT2D eigenvalue weighted by molar-refractivity contribution is -0.384. The summed E-state index contributed by atoms with van der Waals surface area (Å²) in [4.78, 5) is 51.3. The zero-order valence-corrected chi connectivity index (χ0v) is 18.7. The number of carbonyl (C=O) groups excluding carboxylic acids is 3. The highest BCUT2D eigenvalue weighted by Crippen LogP contribution is 2.38. The van der Waals surface area contributed by atoms with E-state index in [2.05, 4.69) is 23.3 Å². The summed E-state index contributed by atoms with van der Waals surface area (Å²) in [6.45, 7) is 5.60. The van der Waals surface area contributed by atoms with E-state index in [0.29, 0.717) is 5.56 Å². The standard InChI is InChI=1S/C21H28N4O5S/c1-21(2,3)23-19(27)17(13-6-7-13)24-16(18(26)22-15(11-31)20(24)28)10-12-4-8-14(9-5-12)25(29)30/h4-5,8-9,13,15-17,31H,6-7,10-11H2,1-3H3,(H,22,26)(H,23,27)/t15-,16-,17?/m0/s1. The SMILES string of the molecule is CC(C)(C)NC(=O)C(C1CC1)N1C(=O)[C@H](CS)NC(=O)[C@@H]1Cc1ccc([N+](=O)[O-])cc1. The van der Waals surface area contributed by atoms with Crippen molar-refractivity contribution < 1.29 is 19.3 Å². The molecule has 3 rings (SSSR count). The second-order valence-corrected chi connectivity index (χ2v) is 9.52. The lowest BCUT2D eigenvalue weighted by Gasteiger charge is -2.43. The molecule has 3 amide bonds. The first-order chi connectivity index (χ1) is 14.5. The summed E-state index contributed by atoms with van der Waals surface area (Å²) in [6.07, 6.45) is 1.77. The molecule has 2 N–H and O–H groups in total. The van der Waals surface area contributed by atoms with Gasteiger partial charge in [-0.1, -0.05) is 12.1 Å². The molecule has 1 aromatic rings. The van der Waals surface area contributed by atoms with Gasteiger partial charge in [-0.05, 0) is 45.1 Å². The number of nitrogens with zero attached hydrogens (tertiary/aromatic N) is 2. The van der Waals surface area contributed by atoms with Crippen LogP contribution in [0.25, 0.3) is 0 Å². The van der Waals surface area contributed by atoms with Crippen LogP contribution in [0.1, 0.15) is 39.2 Å². The fourth-order valence-electron chi connectivity index (χ4n) is 3.84. The van der Waals surface area contributed by atoms with Crippen LogP contribution < -0.4 is 10.6 Å². The average molecular weight is 449 g/mol. The molecule has 1 heterocycles. The Balaban J connectivity index is 1.94. The van der Waals surface area contributed by atoms with Gasteiger partial charge in [0.2, 0.25) is 17.7 Å². The minimum Gasteiger partial charge on any atom is -0.350 e. The Labute approximate surface area is 186 Å². The predicted octanol–water partition coefficient (Wildman–Crippen LogP) is 1.46. The van der Waals surface area contributed by atoms with Gasteiger partial charge in [0.25, 0.3) is 5.69 Å². The van der Waals surface area contributed by atoms with Gasteiger partial charge < -0.3 is 15.5 Å². The number of rotatable bonds is 7. The van der Waals surface area contributed by atoms with Crippen molar-refractivity contribution in [1.82, 2.24) is 15.5 Å². The number of hydrogen-bond donors (Lipinski definition) is 3. The maximum Gasteiger partial charge on any atom is 0.269 e. The van der Waals surface area contributed by atoms with E-state index < -0.39 is 28.6 Å². The predicted molar refractivity (Wildman–Crippen MR) is 118 cm³/mol. The number of hydrogen-bond acceptors (Lipinski definition) is 6. The van der Waals surface area contributed by atoms with Crippen LogP contribution in [-0.4, -0.2) is 57.0 Å². The molecular weight excluding hydrogens is 420 g/mol. The van der Waals surface area contributed by atoms with E-state index in [1.165, 1.54) is 17.0 Å². The zero-order chi connectivity index (χ0) is 22.9. The Bertz CT molecular complexity index is 879. The summed E-state index contributed by atoms with van der Waals surface area (Å²) < 4.78 is 0. The van der Waals surface area contributed by atoms with Gasteiger partial charge in [-0.15, -0.1) is 0 Å². The first-order valence-corrected chi connectivity index (χ1v) is 10.9. The molecule has 0 spiro atoms. The van der Waals surface area contributed by atoms with E-state index in [-0.39, 0.29) is 41.5 Å². The van der Waals surface area contributed by atoms with Gasteiger partial charge >= 0.3 is 0 Å². The smallest absolute Gasteiger partial charge is 0.269 e. The van der Waals surface area contributed by atoms with Gasteiger partial charge in [0, 0.05) is 29.8 Å². The van der Waals surface area contributed by atoms with Crippen LogP contribution in [0.4, 0.5) is 5.69 Å². The highest BCUT2D eigenvalue weighted by molar-refractivity contribution is 7.80. The molecule has 2 fully saturated rings. The summed E-state index contributed by atoms with van der Waals surface area (Å²) in [6, 6.07) is 3.44. The monoisotopic (exact) mass is 448 g/mol. The quantitative estimate of drug-likeness (QED) is 0.331. The van der Waals surface area contributed by atoms with Crippen molar-refractivity contribution in [3.8, 4) is 0 Å². The number of piperazine rings is 1. The molecule has 0 bridgehead atoms. The largest absolute Gasteiger partial charge is 0.350 e. The number of nitro groups is 1. The summed E-state index contributed by atoms with van der Waals surface area (Å²) in [5, 5.41) is 16.6. The fraction of sp³-hybridized carbons (Fsp3) is 0.571. The molecule has 31 heavy (non-hydrogen) atoms. The molecule has 1 aromatic carbocycles. The molecule has 9 nitrogen and oxygen atoms in total. The van der Waals surface area contributed by atoms with Crippen LogP contribution in [0.3, 0.4) is 0 Å². The topological polar surface area (TPSA) is 122 Å². The number of nitrogens with one attached hydrogen (secondary N) is 2. The lowest BCUT2D eigenvalue weighted by atomic mass is 9.95. The number of non-ortho nitro benzene ring substituents is 1. The maximum atomic E-state index is 13.3. The van der Waals surface area contributed by atoms with Crippen LogP contribution in [-0.2, 0) is 20.8 Å². The first kappa shape index (κ1) is 23.1. The number of thiol groups is 1. The van der Waals surface area contributed by atoms with E-state index in [1.54, 1.807) is 12.1 Å². The third kappa shape index (κ3) is 5.36. The highest BCUT2D eigenvalue weighted by atomic mass is 32.1. The van der Waals surface area contributed by atoms with E-state index in [9.17, 15) is 24.5 Å². The minimum atomic E-state index is -0.888. The third-order valence-corrected chi connectivity index (χ3v) is 5.77. The third-order valence-electron chi connectivity index (χ3n) is 5.40. The molecule has 1 saturated heterocycles. The van der Waals surface area contributed by atoms with Crippen LogP contribution in [0, 0.1) is 16.0 Å². The van der Waals surface area contributed by atoms with E-state index >= 15 is 0 Å². The molecule has 0 radical (unpaired) electrons. The van der Waals surface area contributed by atoms with Gasteiger partial charge in [0.15, 0.2) is 0 Å². The van der Waals surface area contributed by atoms with Gasteiger partial charge in [0.1, 0.15) is 18.1 Å². The molecule has 1 aliphatic heterocycles. The van der Waals surface area contributed by atoms with E-state index in [0.717, 1.165) is 12.8 Å². The molecule has 168 valence electrons. The van der Waals surface area contributed by atoms with Crippen LogP contribution >= 0.6 is 12.6 Å². The number of amides is 3. The van der Waals surface area contributed by atoms with Crippen molar-refractivity contribution in [1.29, 1.82) is 0 Å². The van der Waals surface area contributed by atoms with Crippen molar-refractivity contribution in [2.24, 2.45) is 5.92 Å². The second kappa shape index (κ2) is 8.86. The molecule has 2 aliphatic rings. The number of nitro benzene ring substituents is 1. The van der Waals surface area contributed by atoms with Crippen LogP contribution in [0.5, 0.6) is 0 Å². The Morgan fingerprint density at radius 1 is 1.29 bits per heavy atom. The Hall–Kier alpha value is -2.62. The summed E-state index contributed by atoms with van der Waals surface area (Å²) in [5.74, 6) is -0.834. The molecule has 10 heteroatoms. The van der Waals surface area contributed by atoms with Crippen LogP contribution in [0.2, 0.25) is 0 Å². The van der Waals surface area contributed by atoms with Crippen molar-refractivity contribution in [3.05, 3.63) is 39.9 Å². The van der Waals surface area contributed by atoms with Crippen LogP contribution in [0.15, 0.2) is 24.3 Å². The molecule has 0 aromatic heterocycles. The molecule has 1 unspecified atom stereocenters. The lowest BCUT2D eigenvalue weighted by Crippen LogP contribution is -2.69. The molecular formula is C21H28N4O5S. The number of carbonyl (C=O) groups is 3. The Morgan fingerprint density at radius 3 is 2.39 bits per heavy atom. The normalized spacial score (nSPS) is 22.6. The van der Waals surface area contributed by atoms with Gasteiger partial charge in [-0.2, -0.15) is 12.6 Å². The fourth-order valence-corrected chi connectivity index (χ4v) is 4.08. The highest BCUT2D eigenvalue weighted by Gasteiger charge is 2.50. The van der Waals surface area contributed by atoms with Gasteiger partial charge in [-0.3, -0.25) is 24.5 Å². The van der Waals surface area contributed by atoms with Gasteiger partial charge in [0.05, 0.1) is 4.92 Å². The Morgan fingerprint density at radius 2 is 1.90 bits per heavy atom. The second-order valence-electron chi connectivity index (χ2n) is 9.15. The van der Waals surface area contributed by atoms with Gasteiger partial charge in [-0.25, -0.2) is 0 Å². The summed E-state index contributed by atoms with van der Waals surface area (Å²) in [7, 11) is 0. The Kier molecular flexibility index (Phi) is 6.59. The minimum absolute atomic E-state index is 0.00266. The maximum absolute atomic E-state index is 13.3. The molecule has 3 atom stereocenters. The zero-order valence-electron chi connectivity index (χ0n) is 17.8. The van der Waals surface area contributed by atoms with E-state index in [4.69, 9.17) is 0 Å². The number of benzene rings is 1. The van der Waals surface area contributed by atoms with Crippen molar-refractivity contribution in [3.63, 3.8) is 0 Å².